The van der Waals surface area contributed by atoms with E-state index in [0.29, 0.717) is 11.8 Å². The highest BCUT2D eigenvalue weighted by atomic mass is 35.5. The van der Waals surface area contributed by atoms with Crippen molar-refractivity contribution in [3.05, 3.63) is 0 Å². The maximum Gasteiger partial charge on any atom is 0.168 e. The summed E-state index contributed by atoms with van der Waals surface area (Å²) in [5.74, 6) is 0.243. The number of hydrogen-bond acceptors (Lipinski definition) is 7. The summed E-state index contributed by atoms with van der Waals surface area (Å²) in [5, 5.41) is 0. The molecule has 5 rings (SSSR count). The van der Waals surface area contributed by atoms with E-state index < -0.39 is 0 Å². The molecule has 0 unspecified atom stereocenters. The molecule has 8 heteroatoms. The van der Waals surface area contributed by atoms with Crippen molar-refractivity contribution in [1.29, 1.82) is 0 Å². The van der Waals surface area contributed by atoms with Crippen molar-refractivity contribution in [2.24, 2.45) is 0 Å². The van der Waals surface area contributed by atoms with Gasteiger partial charge in [0.25, 0.3) is 0 Å². The molecule has 3 saturated heterocycles. The average Bonchev–Trinajstić information content (AvgIpc) is 3.24. The van der Waals surface area contributed by atoms with Crippen LogP contribution in [0.5, 0.6) is 0 Å². The van der Waals surface area contributed by atoms with Crippen LogP contribution in [0.4, 0.5) is 0 Å². The number of hydrogen-bond donors (Lipinski definition) is 0. The molecule has 5 fully saturated rings. The first kappa shape index (κ1) is 24.4. The predicted molar refractivity (Wildman–Crippen MR) is 116 cm³/mol. The lowest BCUT2D eigenvalue weighted by Gasteiger charge is -2.41. The standard InChI is InChI=1S/C12H21NO3.C10H17NO2.ClH/c1-3-12(15-9-10-16-12)4-2-11(1)13-5-7-14-8-6-13;12-10-3-1-9(2-4-10)11-5-7-13-8-6-11;/h11H,1-10H2;9H,1-8H2;1H. The predicted octanol–water partition coefficient (Wildman–Crippen LogP) is 2.26. The summed E-state index contributed by atoms with van der Waals surface area (Å²) in [6.45, 7) is 9.39. The van der Waals surface area contributed by atoms with Gasteiger partial charge in [-0.3, -0.25) is 14.6 Å². The van der Waals surface area contributed by atoms with E-state index in [9.17, 15) is 4.79 Å². The van der Waals surface area contributed by atoms with Gasteiger partial charge in [0.15, 0.2) is 5.79 Å². The Bertz CT molecular complexity index is 500. The van der Waals surface area contributed by atoms with Gasteiger partial charge in [0.05, 0.1) is 39.6 Å². The fraction of sp³-hybridized carbons (Fsp3) is 0.955. The van der Waals surface area contributed by atoms with Crippen LogP contribution in [0.3, 0.4) is 0 Å². The number of carbonyl (C=O) groups excluding carboxylic acids is 1. The van der Waals surface area contributed by atoms with Crippen LogP contribution >= 0.6 is 12.4 Å². The summed E-state index contributed by atoms with van der Waals surface area (Å²) in [5.41, 5.74) is 0. The first-order valence-electron chi connectivity index (χ1n) is 11.7. The van der Waals surface area contributed by atoms with Gasteiger partial charge in [-0.05, 0) is 25.7 Å². The van der Waals surface area contributed by atoms with Crippen molar-refractivity contribution >= 4 is 18.2 Å². The number of carbonyl (C=O) groups is 1. The maximum atomic E-state index is 11.0. The number of rotatable bonds is 2. The van der Waals surface area contributed by atoms with Gasteiger partial charge in [-0.25, -0.2) is 0 Å². The Morgan fingerprint density at radius 2 is 1.10 bits per heavy atom. The Morgan fingerprint density at radius 3 is 1.57 bits per heavy atom. The Labute approximate surface area is 187 Å². The molecule has 0 aromatic carbocycles. The van der Waals surface area contributed by atoms with E-state index in [1.165, 1.54) is 12.8 Å². The Balaban J connectivity index is 0.000000169. The quantitative estimate of drug-likeness (QED) is 0.644. The second-order valence-electron chi connectivity index (χ2n) is 8.91. The van der Waals surface area contributed by atoms with Gasteiger partial charge >= 0.3 is 0 Å². The lowest BCUT2D eigenvalue weighted by atomic mass is 9.89. The van der Waals surface area contributed by atoms with Crippen LogP contribution in [-0.4, -0.2) is 99.3 Å². The number of nitrogens with zero attached hydrogens (tertiary/aromatic N) is 2. The monoisotopic (exact) mass is 446 g/mol. The van der Waals surface area contributed by atoms with Gasteiger partial charge in [-0.15, -0.1) is 12.4 Å². The van der Waals surface area contributed by atoms with Crippen LogP contribution < -0.4 is 0 Å². The number of halogens is 1. The molecule has 0 aromatic rings. The fourth-order valence-electron chi connectivity index (χ4n) is 5.37. The summed E-state index contributed by atoms with van der Waals surface area (Å²) in [4.78, 5) is 16.1. The van der Waals surface area contributed by atoms with E-state index in [2.05, 4.69) is 9.80 Å². The minimum Gasteiger partial charge on any atom is -0.379 e. The summed E-state index contributed by atoms with van der Waals surface area (Å²) in [6.07, 6.45) is 8.27. The zero-order chi connectivity index (χ0) is 19.9. The highest BCUT2D eigenvalue weighted by Gasteiger charge is 2.41. The second-order valence-corrected chi connectivity index (χ2v) is 8.91. The molecule has 0 N–H and O–H groups in total. The molecular weight excluding hydrogens is 408 g/mol. The smallest absolute Gasteiger partial charge is 0.168 e. The number of ketones is 1. The van der Waals surface area contributed by atoms with Crippen molar-refractivity contribution in [2.75, 3.05) is 65.8 Å². The van der Waals surface area contributed by atoms with E-state index in [1.54, 1.807) is 0 Å². The van der Waals surface area contributed by atoms with E-state index in [0.717, 1.165) is 110 Å². The third-order valence-corrected chi connectivity index (χ3v) is 7.17. The van der Waals surface area contributed by atoms with Crippen LogP contribution in [0.2, 0.25) is 0 Å². The van der Waals surface area contributed by atoms with Crippen molar-refractivity contribution in [3.63, 3.8) is 0 Å². The van der Waals surface area contributed by atoms with E-state index in [4.69, 9.17) is 18.9 Å². The maximum absolute atomic E-state index is 11.0. The third kappa shape index (κ3) is 6.61. The Morgan fingerprint density at radius 1 is 0.667 bits per heavy atom. The molecule has 7 nitrogen and oxygen atoms in total. The molecule has 0 bridgehead atoms. The van der Waals surface area contributed by atoms with E-state index in [1.807, 2.05) is 0 Å². The lowest BCUT2D eigenvalue weighted by Crippen LogP contribution is -2.48. The molecule has 2 saturated carbocycles. The van der Waals surface area contributed by atoms with Crippen LogP contribution in [0.25, 0.3) is 0 Å². The molecule has 2 aliphatic carbocycles. The minimum atomic E-state index is -0.206. The Kier molecular flexibility index (Phi) is 9.82. The van der Waals surface area contributed by atoms with Gasteiger partial charge in [0.1, 0.15) is 5.78 Å². The SMILES string of the molecule is C1CN(C2CCC3(CC2)OCCO3)CCO1.Cl.O=C1CCC(N2CCOCC2)CC1. The van der Waals surface area contributed by atoms with Gasteiger partial charge in [-0.1, -0.05) is 0 Å². The van der Waals surface area contributed by atoms with E-state index >= 15 is 0 Å². The molecule has 0 atom stereocenters. The van der Waals surface area contributed by atoms with Gasteiger partial charge in [0, 0.05) is 63.9 Å². The largest absolute Gasteiger partial charge is 0.379 e. The summed E-state index contributed by atoms with van der Waals surface area (Å²) >= 11 is 0. The summed E-state index contributed by atoms with van der Waals surface area (Å²) in [7, 11) is 0. The molecular formula is C22H39ClN2O5. The Hall–Kier alpha value is -0.280. The van der Waals surface area contributed by atoms with Crippen LogP contribution in [-0.2, 0) is 23.7 Å². The van der Waals surface area contributed by atoms with Crippen molar-refractivity contribution in [3.8, 4) is 0 Å². The molecule has 174 valence electrons. The summed E-state index contributed by atoms with van der Waals surface area (Å²) < 4.78 is 22.2. The molecule has 0 aromatic heterocycles. The van der Waals surface area contributed by atoms with Gasteiger partial charge < -0.3 is 18.9 Å². The van der Waals surface area contributed by atoms with Gasteiger partial charge in [-0.2, -0.15) is 0 Å². The van der Waals surface area contributed by atoms with Gasteiger partial charge in [0.2, 0.25) is 0 Å². The molecule has 0 amide bonds. The van der Waals surface area contributed by atoms with Crippen LogP contribution in [0, 0.1) is 0 Å². The molecule has 5 aliphatic rings. The number of morpholine rings is 2. The zero-order valence-electron chi connectivity index (χ0n) is 18.2. The molecule has 3 heterocycles. The first-order chi connectivity index (χ1) is 14.2. The van der Waals surface area contributed by atoms with Crippen molar-refractivity contribution in [1.82, 2.24) is 9.80 Å². The summed E-state index contributed by atoms with van der Waals surface area (Å²) in [6, 6.07) is 1.38. The van der Waals surface area contributed by atoms with Crippen LogP contribution in [0.1, 0.15) is 51.4 Å². The molecule has 30 heavy (non-hydrogen) atoms. The van der Waals surface area contributed by atoms with Crippen molar-refractivity contribution in [2.45, 2.75) is 69.2 Å². The topological polar surface area (TPSA) is 60.5 Å². The molecule has 0 radical (unpaired) electrons. The second kappa shape index (κ2) is 12.1. The lowest BCUT2D eigenvalue weighted by molar-refractivity contribution is -0.185. The van der Waals surface area contributed by atoms with E-state index in [-0.39, 0.29) is 18.2 Å². The third-order valence-electron chi connectivity index (χ3n) is 7.17. The molecule has 3 aliphatic heterocycles. The first-order valence-corrected chi connectivity index (χ1v) is 11.7. The average molecular weight is 447 g/mol. The minimum absolute atomic E-state index is 0. The zero-order valence-corrected chi connectivity index (χ0v) is 19.0. The number of Topliss-reactive ketones (excluding diaryl/α,β-unsaturated/α-hetero) is 1. The van der Waals surface area contributed by atoms with Crippen molar-refractivity contribution < 1.29 is 23.7 Å². The highest BCUT2D eigenvalue weighted by molar-refractivity contribution is 5.85. The normalized spacial score (nSPS) is 29.3. The van der Waals surface area contributed by atoms with Crippen LogP contribution in [0.15, 0.2) is 0 Å². The molecule has 1 spiro atoms. The fourth-order valence-corrected chi connectivity index (χ4v) is 5.37. The number of ether oxygens (including phenoxy) is 4. The highest BCUT2D eigenvalue weighted by Crippen LogP contribution is 2.37.